The maximum Gasteiger partial charge on any atom is 0.329 e. The van der Waals surface area contributed by atoms with E-state index in [0.29, 0.717) is 6.42 Å². The predicted molar refractivity (Wildman–Crippen MR) is 89.6 cm³/mol. The van der Waals surface area contributed by atoms with Crippen molar-refractivity contribution in [1.82, 2.24) is 5.32 Å². The lowest BCUT2D eigenvalue weighted by molar-refractivity contribution is -0.144. The molecule has 1 N–H and O–H groups in total. The highest BCUT2D eigenvalue weighted by atomic mass is 32.1. The number of hydrogen-bond acceptors (Lipinski definition) is 4. The van der Waals surface area contributed by atoms with E-state index in [4.69, 9.17) is 0 Å². The Morgan fingerprint density at radius 3 is 2.00 bits per heavy atom. The summed E-state index contributed by atoms with van der Waals surface area (Å²) in [4.78, 5) is 23.0. The first-order chi connectivity index (χ1) is 10.2. The fourth-order valence-corrected chi connectivity index (χ4v) is 2.42. The van der Waals surface area contributed by atoms with E-state index in [1.54, 1.807) is 0 Å². The van der Waals surface area contributed by atoms with Crippen molar-refractivity contribution in [2.45, 2.75) is 77.2 Å². The van der Waals surface area contributed by atoms with Crippen LogP contribution in [0.25, 0.3) is 0 Å². The Bertz CT molecular complexity index is 285. The minimum atomic E-state index is -0.635. The van der Waals surface area contributed by atoms with Crippen molar-refractivity contribution in [3.05, 3.63) is 0 Å². The molecule has 0 aromatic rings. The third-order valence-electron chi connectivity index (χ3n) is 3.51. The molecule has 0 radical (unpaired) electrons. The number of rotatable bonds is 13. The number of hydrogen-bond donors (Lipinski definition) is 2. The van der Waals surface area contributed by atoms with Crippen molar-refractivity contribution >= 4 is 24.5 Å². The smallest absolute Gasteiger partial charge is 0.329 e. The Hall–Kier alpha value is -0.710. The highest BCUT2D eigenvalue weighted by molar-refractivity contribution is 7.80. The lowest BCUT2D eigenvalue weighted by Gasteiger charge is -2.13. The molecule has 0 aromatic carbocycles. The largest absolute Gasteiger partial charge is 0.467 e. The number of carbonyl (C=O) groups is 2. The lowest BCUT2D eigenvalue weighted by atomic mass is 10.1. The fraction of sp³-hybridized carbons (Fsp3) is 0.875. The molecular formula is C16H31NO3S. The molecule has 0 saturated heterocycles. The zero-order valence-electron chi connectivity index (χ0n) is 13.5. The summed E-state index contributed by atoms with van der Waals surface area (Å²) in [5.41, 5.74) is 0. The van der Waals surface area contributed by atoms with Gasteiger partial charge in [0.25, 0.3) is 0 Å². The summed E-state index contributed by atoms with van der Waals surface area (Å²) in [6.45, 7) is 2.23. The van der Waals surface area contributed by atoms with E-state index in [0.717, 1.165) is 12.8 Å². The Balaban J connectivity index is 3.51. The van der Waals surface area contributed by atoms with E-state index < -0.39 is 12.0 Å². The first-order valence-electron chi connectivity index (χ1n) is 8.13. The lowest BCUT2D eigenvalue weighted by Crippen LogP contribution is -2.42. The van der Waals surface area contributed by atoms with Crippen LogP contribution in [-0.4, -0.2) is 30.8 Å². The molecule has 0 bridgehead atoms. The second kappa shape index (κ2) is 14.2. The van der Waals surface area contributed by atoms with Crippen molar-refractivity contribution in [3.8, 4) is 0 Å². The summed E-state index contributed by atoms with van der Waals surface area (Å²) in [6, 6.07) is -0.635. The standard InChI is InChI=1S/C16H31NO3S/c1-3-4-5-6-7-8-9-10-11-12-15(18)17-14(13-21)16(19)20-2/h14,21H,3-13H2,1-2H3,(H,17,18)/t14-/m0/s1. The topological polar surface area (TPSA) is 55.4 Å². The van der Waals surface area contributed by atoms with Gasteiger partial charge in [0, 0.05) is 12.2 Å². The SMILES string of the molecule is CCCCCCCCCCCC(=O)N[C@@H](CS)C(=O)OC. The van der Waals surface area contributed by atoms with Gasteiger partial charge in [0.15, 0.2) is 0 Å². The number of methoxy groups -OCH3 is 1. The van der Waals surface area contributed by atoms with Gasteiger partial charge in [0.1, 0.15) is 6.04 Å². The van der Waals surface area contributed by atoms with Gasteiger partial charge in [-0.2, -0.15) is 12.6 Å². The number of esters is 1. The molecule has 4 nitrogen and oxygen atoms in total. The second-order valence-electron chi connectivity index (χ2n) is 5.40. The quantitative estimate of drug-likeness (QED) is 0.310. The molecule has 124 valence electrons. The van der Waals surface area contributed by atoms with Crippen molar-refractivity contribution in [3.63, 3.8) is 0 Å². The van der Waals surface area contributed by atoms with Gasteiger partial charge < -0.3 is 10.1 Å². The van der Waals surface area contributed by atoms with Crippen molar-refractivity contribution in [2.75, 3.05) is 12.9 Å². The maximum atomic E-state index is 11.7. The van der Waals surface area contributed by atoms with Crippen LogP contribution < -0.4 is 5.32 Å². The van der Waals surface area contributed by atoms with E-state index in [1.165, 1.54) is 52.1 Å². The molecule has 0 spiro atoms. The van der Waals surface area contributed by atoms with Gasteiger partial charge >= 0.3 is 5.97 Å². The van der Waals surface area contributed by atoms with Gasteiger partial charge in [-0.3, -0.25) is 4.79 Å². The summed E-state index contributed by atoms with van der Waals surface area (Å²) in [5.74, 6) is -0.274. The Labute approximate surface area is 134 Å². The van der Waals surface area contributed by atoms with E-state index in [9.17, 15) is 9.59 Å². The second-order valence-corrected chi connectivity index (χ2v) is 5.77. The number of ether oxygens (including phenoxy) is 1. The van der Waals surface area contributed by atoms with Gasteiger partial charge in [-0.1, -0.05) is 58.3 Å². The van der Waals surface area contributed by atoms with E-state index in [-0.39, 0.29) is 11.7 Å². The van der Waals surface area contributed by atoms with Crippen molar-refractivity contribution in [2.24, 2.45) is 0 Å². The van der Waals surface area contributed by atoms with Crippen LogP contribution in [0.4, 0.5) is 0 Å². The maximum absolute atomic E-state index is 11.7. The molecule has 0 unspecified atom stereocenters. The molecule has 0 rings (SSSR count). The third-order valence-corrected chi connectivity index (χ3v) is 3.88. The van der Waals surface area contributed by atoms with Crippen LogP contribution in [0, 0.1) is 0 Å². The molecule has 21 heavy (non-hydrogen) atoms. The molecule has 0 aromatic heterocycles. The van der Waals surface area contributed by atoms with Crippen LogP contribution >= 0.6 is 12.6 Å². The fourth-order valence-electron chi connectivity index (χ4n) is 2.18. The summed E-state index contributed by atoms with van der Waals surface area (Å²) in [7, 11) is 1.31. The summed E-state index contributed by atoms with van der Waals surface area (Å²) >= 11 is 4.04. The minimum absolute atomic E-state index is 0.0950. The number of amides is 1. The van der Waals surface area contributed by atoms with Crippen LogP contribution in [0.2, 0.25) is 0 Å². The summed E-state index contributed by atoms with van der Waals surface area (Å²) in [5, 5.41) is 2.65. The molecule has 1 atom stereocenters. The number of carbonyl (C=O) groups excluding carboxylic acids is 2. The van der Waals surface area contributed by atoms with Gasteiger partial charge in [-0.05, 0) is 6.42 Å². The molecule has 5 heteroatoms. The third kappa shape index (κ3) is 11.6. The molecule has 0 fully saturated rings. The molecular weight excluding hydrogens is 286 g/mol. The van der Waals surface area contributed by atoms with Gasteiger partial charge in [-0.25, -0.2) is 4.79 Å². The first kappa shape index (κ1) is 20.3. The Morgan fingerprint density at radius 2 is 1.52 bits per heavy atom. The van der Waals surface area contributed by atoms with E-state index in [2.05, 4.69) is 29.6 Å². The van der Waals surface area contributed by atoms with Crippen LogP contribution in [0.1, 0.15) is 71.1 Å². The number of nitrogens with one attached hydrogen (secondary N) is 1. The highest BCUT2D eigenvalue weighted by Gasteiger charge is 2.19. The van der Waals surface area contributed by atoms with Gasteiger partial charge in [-0.15, -0.1) is 0 Å². The normalized spacial score (nSPS) is 12.0. The van der Waals surface area contributed by atoms with E-state index in [1.807, 2.05) is 0 Å². The summed E-state index contributed by atoms with van der Waals surface area (Å²) in [6.07, 6.45) is 11.5. The molecule has 0 saturated carbocycles. The average Bonchev–Trinajstić information content (AvgIpc) is 2.50. The van der Waals surface area contributed by atoms with Gasteiger partial charge in [0.2, 0.25) is 5.91 Å². The Kier molecular flexibility index (Phi) is 13.8. The summed E-state index contributed by atoms with van der Waals surface area (Å²) < 4.78 is 4.60. The van der Waals surface area contributed by atoms with Crippen LogP contribution in [0.15, 0.2) is 0 Å². The number of unbranched alkanes of at least 4 members (excludes halogenated alkanes) is 8. The van der Waals surface area contributed by atoms with Gasteiger partial charge in [0.05, 0.1) is 7.11 Å². The zero-order valence-corrected chi connectivity index (χ0v) is 14.4. The van der Waals surface area contributed by atoms with Crippen LogP contribution in [0.5, 0.6) is 0 Å². The van der Waals surface area contributed by atoms with Crippen molar-refractivity contribution in [1.29, 1.82) is 0 Å². The number of thiol groups is 1. The predicted octanol–water partition coefficient (Wildman–Crippen LogP) is 3.49. The molecule has 0 aliphatic carbocycles. The molecule has 0 heterocycles. The van der Waals surface area contributed by atoms with Crippen LogP contribution in [-0.2, 0) is 14.3 Å². The van der Waals surface area contributed by atoms with E-state index >= 15 is 0 Å². The van der Waals surface area contributed by atoms with Crippen LogP contribution in [0.3, 0.4) is 0 Å². The Morgan fingerprint density at radius 1 is 1.00 bits per heavy atom. The average molecular weight is 317 g/mol. The molecule has 0 aliphatic rings. The zero-order chi connectivity index (χ0) is 15.9. The monoisotopic (exact) mass is 317 g/mol. The minimum Gasteiger partial charge on any atom is -0.467 e. The highest BCUT2D eigenvalue weighted by Crippen LogP contribution is 2.10. The molecule has 0 aliphatic heterocycles. The molecule has 1 amide bonds. The first-order valence-corrected chi connectivity index (χ1v) is 8.77. The van der Waals surface area contributed by atoms with Crippen molar-refractivity contribution < 1.29 is 14.3 Å².